The van der Waals surface area contributed by atoms with Crippen molar-refractivity contribution >= 4 is 40.4 Å². The van der Waals surface area contributed by atoms with Gasteiger partial charge < -0.3 is 25.3 Å². The average Bonchev–Trinajstić information content (AvgIpc) is 3.26. The maximum Gasteiger partial charge on any atom is 0.254 e. The van der Waals surface area contributed by atoms with E-state index in [4.69, 9.17) is 11.6 Å². The normalized spacial score (nSPS) is 16.1. The van der Waals surface area contributed by atoms with E-state index in [-0.39, 0.29) is 0 Å². The molecule has 2 atom stereocenters. The van der Waals surface area contributed by atoms with Crippen molar-refractivity contribution in [1.29, 1.82) is 0 Å². The molecule has 0 bridgehead atoms. The van der Waals surface area contributed by atoms with E-state index in [1.54, 1.807) is 11.3 Å². The zero-order valence-electron chi connectivity index (χ0n) is 17.5. The van der Waals surface area contributed by atoms with Crippen molar-refractivity contribution in [2.24, 2.45) is 0 Å². The molecule has 9 heteroatoms. The van der Waals surface area contributed by atoms with E-state index < -0.39 is 24.0 Å². The van der Waals surface area contributed by atoms with Crippen molar-refractivity contribution in [3.8, 4) is 0 Å². The number of hydrogen-bond acceptors (Lipinski definition) is 6. The summed E-state index contributed by atoms with van der Waals surface area (Å²) in [6.45, 7) is 4.24. The van der Waals surface area contributed by atoms with Gasteiger partial charge in [-0.25, -0.2) is 0 Å². The van der Waals surface area contributed by atoms with Crippen LogP contribution < -0.4 is 10.2 Å². The molecular formula is C22H28ClN3O4S. The lowest BCUT2D eigenvalue weighted by Crippen LogP contribution is -2.55. The molecule has 2 amide bonds. The number of carbonyl (C=O) groups excluding carboxylic acids is 2. The number of nitrogens with one attached hydrogen (secondary N) is 1. The Hall–Kier alpha value is -2.13. The summed E-state index contributed by atoms with van der Waals surface area (Å²) in [7, 11) is 0. The minimum atomic E-state index is -1.80. The number of para-hydroxylation sites is 1. The number of anilines is 1. The van der Waals surface area contributed by atoms with Gasteiger partial charge in [0.05, 0.1) is 10.7 Å². The third kappa shape index (κ3) is 5.98. The number of rotatable bonds is 8. The quantitative estimate of drug-likeness (QED) is 0.551. The number of aliphatic hydroxyl groups excluding tert-OH is 2. The minimum Gasteiger partial charge on any atom is -0.380 e. The molecule has 1 aliphatic heterocycles. The van der Waals surface area contributed by atoms with Crippen LogP contribution in [0.2, 0.25) is 5.02 Å². The molecular weight excluding hydrogens is 438 g/mol. The Bertz CT molecular complexity index is 898. The van der Waals surface area contributed by atoms with Crippen LogP contribution in [0, 0.1) is 0 Å². The topological polar surface area (TPSA) is 93.1 Å². The first-order valence-corrected chi connectivity index (χ1v) is 11.6. The van der Waals surface area contributed by atoms with Gasteiger partial charge in [-0.15, -0.1) is 11.3 Å². The average molecular weight is 466 g/mol. The van der Waals surface area contributed by atoms with E-state index in [2.05, 4.69) is 28.6 Å². The van der Waals surface area contributed by atoms with Crippen LogP contribution in [-0.4, -0.2) is 71.9 Å². The largest absolute Gasteiger partial charge is 0.380 e. The Morgan fingerprint density at radius 1 is 1.16 bits per heavy atom. The summed E-state index contributed by atoms with van der Waals surface area (Å²) < 4.78 is 0. The number of amides is 2. The third-order valence-electron chi connectivity index (χ3n) is 5.39. The Kier molecular flexibility index (Phi) is 8.31. The molecule has 1 saturated heterocycles. The maximum atomic E-state index is 12.6. The first-order chi connectivity index (χ1) is 14.9. The van der Waals surface area contributed by atoms with Crippen LogP contribution in [-0.2, 0) is 22.4 Å². The molecule has 0 radical (unpaired) electrons. The molecule has 1 aromatic heterocycles. The lowest BCUT2D eigenvalue weighted by Gasteiger charge is -2.37. The van der Waals surface area contributed by atoms with Gasteiger partial charge in [0.25, 0.3) is 11.8 Å². The van der Waals surface area contributed by atoms with Gasteiger partial charge in [-0.3, -0.25) is 9.59 Å². The highest BCUT2D eigenvalue weighted by Gasteiger charge is 2.34. The Morgan fingerprint density at radius 2 is 1.87 bits per heavy atom. The monoisotopic (exact) mass is 465 g/mol. The molecule has 0 aliphatic carbocycles. The van der Waals surface area contributed by atoms with E-state index in [0.717, 1.165) is 17.0 Å². The van der Waals surface area contributed by atoms with Crippen LogP contribution >= 0.6 is 22.9 Å². The number of aryl methyl sites for hydroxylation is 1. The van der Waals surface area contributed by atoms with Crippen molar-refractivity contribution in [2.75, 3.05) is 37.6 Å². The van der Waals surface area contributed by atoms with Gasteiger partial charge in [0.15, 0.2) is 12.2 Å². The molecule has 2 heterocycles. The predicted molar refractivity (Wildman–Crippen MR) is 123 cm³/mol. The van der Waals surface area contributed by atoms with Gasteiger partial charge in [0.1, 0.15) is 0 Å². The van der Waals surface area contributed by atoms with Gasteiger partial charge >= 0.3 is 0 Å². The second kappa shape index (κ2) is 10.9. The summed E-state index contributed by atoms with van der Waals surface area (Å²) in [4.78, 5) is 29.4. The molecule has 3 rings (SSSR count). The molecule has 1 aliphatic rings. The second-order valence-corrected chi connectivity index (χ2v) is 8.87. The highest BCUT2D eigenvalue weighted by Crippen LogP contribution is 2.26. The Labute approximate surface area is 191 Å². The SMILES string of the molecule is CCc1csc(CCNC(=O)[C@H](O)[C@@H](O)C(=O)N2CCN(c3ccccc3Cl)CC2)c1. The van der Waals surface area contributed by atoms with Gasteiger partial charge in [0, 0.05) is 37.6 Å². The number of halogens is 1. The fourth-order valence-corrected chi connectivity index (χ4v) is 4.73. The molecule has 7 nitrogen and oxygen atoms in total. The summed E-state index contributed by atoms with van der Waals surface area (Å²) in [5, 5.41) is 25.7. The van der Waals surface area contributed by atoms with Gasteiger partial charge in [-0.05, 0) is 42.0 Å². The lowest BCUT2D eigenvalue weighted by molar-refractivity contribution is -0.153. The van der Waals surface area contributed by atoms with E-state index in [9.17, 15) is 19.8 Å². The Balaban J connectivity index is 1.45. The number of aliphatic hydroxyl groups is 2. The van der Waals surface area contributed by atoms with E-state index >= 15 is 0 Å². The highest BCUT2D eigenvalue weighted by atomic mass is 35.5. The van der Waals surface area contributed by atoms with Crippen molar-refractivity contribution in [1.82, 2.24) is 10.2 Å². The number of nitrogens with zero attached hydrogens (tertiary/aromatic N) is 2. The third-order valence-corrected chi connectivity index (χ3v) is 6.76. The van der Waals surface area contributed by atoms with Crippen LogP contribution in [0.5, 0.6) is 0 Å². The molecule has 1 aromatic carbocycles. The van der Waals surface area contributed by atoms with Crippen molar-refractivity contribution in [2.45, 2.75) is 32.0 Å². The predicted octanol–water partition coefficient (Wildman–Crippen LogP) is 1.69. The van der Waals surface area contributed by atoms with E-state index in [1.807, 2.05) is 24.3 Å². The van der Waals surface area contributed by atoms with Crippen LogP contribution in [0.3, 0.4) is 0 Å². The Morgan fingerprint density at radius 3 is 2.52 bits per heavy atom. The molecule has 2 aromatic rings. The van der Waals surface area contributed by atoms with Crippen LogP contribution in [0.15, 0.2) is 35.7 Å². The molecule has 31 heavy (non-hydrogen) atoms. The molecule has 3 N–H and O–H groups in total. The second-order valence-electron chi connectivity index (χ2n) is 7.47. The number of benzene rings is 1. The summed E-state index contributed by atoms with van der Waals surface area (Å²) in [5.41, 5.74) is 2.15. The maximum absolute atomic E-state index is 12.6. The van der Waals surface area contributed by atoms with Crippen LogP contribution in [0.4, 0.5) is 5.69 Å². The van der Waals surface area contributed by atoms with Crippen molar-refractivity contribution < 1.29 is 19.8 Å². The minimum absolute atomic E-state index is 0.330. The van der Waals surface area contributed by atoms with Gasteiger partial charge in [-0.2, -0.15) is 0 Å². The number of carbonyl (C=O) groups is 2. The standard InChI is InChI=1S/C22H28ClN3O4S/c1-2-15-13-16(31-14-15)7-8-24-21(29)19(27)20(28)22(30)26-11-9-25(10-12-26)18-6-4-3-5-17(18)23/h3-6,13-14,19-20,27-28H,2,7-12H2,1H3,(H,24,29)/t19-,20-/m1/s1. The highest BCUT2D eigenvalue weighted by molar-refractivity contribution is 7.10. The smallest absolute Gasteiger partial charge is 0.254 e. The molecule has 0 unspecified atom stereocenters. The summed E-state index contributed by atoms with van der Waals surface area (Å²) in [6, 6.07) is 9.58. The van der Waals surface area contributed by atoms with Gasteiger partial charge in [-0.1, -0.05) is 30.7 Å². The fraction of sp³-hybridized carbons (Fsp3) is 0.455. The molecule has 1 fully saturated rings. The van der Waals surface area contributed by atoms with Crippen molar-refractivity contribution in [3.05, 3.63) is 51.2 Å². The number of thiophene rings is 1. The summed E-state index contributed by atoms with van der Waals surface area (Å²) in [6.07, 6.45) is -2.00. The number of piperazine rings is 1. The molecule has 0 saturated carbocycles. The van der Waals surface area contributed by atoms with Crippen LogP contribution in [0.25, 0.3) is 0 Å². The molecule has 168 valence electrons. The van der Waals surface area contributed by atoms with E-state index in [1.165, 1.54) is 10.5 Å². The first-order valence-electron chi connectivity index (χ1n) is 10.4. The summed E-state index contributed by atoms with van der Waals surface area (Å²) in [5.74, 6) is -1.39. The van der Waals surface area contributed by atoms with Crippen molar-refractivity contribution in [3.63, 3.8) is 0 Å². The fourth-order valence-electron chi connectivity index (χ4n) is 3.50. The van der Waals surface area contributed by atoms with Gasteiger partial charge in [0.2, 0.25) is 0 Å². The lowest BCUT2D eigenvalue weighted by atomic mass is 10.1. The van der Waals surface area contributed by atoms with Crippen LogP contribution in [0.1, 0.15) is 17.4 Å². The van der Waals surface area contributed by atoms with E-state index in [0.29, 0.717) is 44.2 Å². The zero-order chi connectivity index (χ0) is 22.4. The first kappa shape index (κ1) is 23.5. The number of hydrogen-bond donors (Lipinski definition) is 3. The zero-order valence-corrected chi connectivity index (χ0v) is 19.0. The summed E-state index contributed by atoms with van der Waals surface area (Å²) >= 11 is 7.86. The molecule has 0 spiro atoms.